The number of nitrogens with zero attached hydrogens (tertiary/aromatic N) is 5. The minimum absolute atomic E-state index is 0.0655. The van der Waals surface area contributed by atoms with Gasteiger partial charge in [0.25, 0.3) is 11.8 Å². The summed E-state index contributed by atoms with van der Waals surface area (Å²) in [5.41, 5.74) is 0.460. The minimum Gasteiger partial charge on any atom is -0.470 e. The zero-order valence-electron chi connectivity index (χ0n) is 14.5. The van der Waals surface area contributed by atoms with Gasteiger partial charge in [-0.2, -0.15) is 0 Å². The largest absolute Gasteiger partial charge is 0.470 e. The maximum atomic E-state index is 12.5. The Labute approximate surface area is 151 Å². The summed E-state index contributed by atoms with van der Waals surface area (Å²) in [5.74, 6) is 1.20. The van der Waals surface area contributed by atoms with Crippen LogP contribution in [0.3, 0.4) is 0 Å². The van der Waals surface area contributed by atoms with E-state index in [1.54, 1.807) is 35.6 Å². The molecule has 8 nitrogen and oxygen atoms in total. The molecule has 2 saturated heterocycles. The number of carbonyl (C=O) groups is 1. The zero-order chi connectivity index (χ0) is 17.8. The Hall–Kier alpha value is -2.74. The molecular formula is C18H21N5O3. The fraction of sp³-hybridized carbons (Fsp3) is 0.444. The van der Waals surface area contributed by atoms with Crippen LogP contribution in [-0.4, -0.2) is 71.3 Å². The fourth-order valence-electron chi connectivity index (χ4n) is 3.21. The van der Waals surface area contributed by atoms with Crippen LogP contribution in [0.25, 0.3) is 0 Å². The number of aromatic nitrogens is 3. The number of hydrogen-bond acceptors (Lipinski definition) is 7. The van der Waals surface area contributed by atoms with Crippen LogP contribution in [0.15, 0.2) is 36.8 Å². The zero-order valence-corrected chi connectivity index (χ0v) is 14.5. The Morgan fingerprint density at radius 3 is 2.73 bits per heavy atom. The van der Waals surface area contributed by atoms with Crippen LogP contribution < -0.4 is 9.64 Å². The van der Waals surface area contributed by atoms with Crippen LogP contribution in [-0.2, 0) is 4.74 Å². The van der Waals surface area contributed by atoms with E-state index in [1.165, 1.54) is 0 Å². The highest BCUT2D eigenvalue weighted by atomic mass is 16.5. The van der Waals surface area contributed by atoms with E-state index < -0.39 is 0 Å². The first-order valence-corrected chi connectivity index (χ1v) is 8.82. The molecule has 1 atom stereocenters. The third-order valence-corrected chi connectivity index (χ3v) is 4.55. The first-order valence-electron chi connectivity index (χ1n) is 8.82. The molecule has 26 heavy (non-hydrogen) atoms. The standard InChI is InChI=1S/C18H21N5O3/c24-18(15-3-1-2-5-19-15)23-8-4-14(13-23)26-17-16(20-6-7-21-17)22-9-11-25-12-10-22/h1-3,5-7,14H,4,8-13H2. The van der Waals surface area contributed by atoms with Crippen molar-refractivity contribution in [1.29, 1.82) is 0 Å². The van der Waals surface area contributed by atoms with Crippen molar-refractivity contribution >= 4 is 11.7 Å². The van der Waals surface area contributed by atoms with E-state index in [0.29, 0.717) is 37.9 Å². The molecule has 0 N–H and O–H groups in total. The summed E-state index contributed by atoms with van der Waals surface area (Å²) in [6, 6.07) is 5.35. The Balaban J connectivity index is 1.42. The second-order valence-electron chi connectivity index (χ2n) is 6.28. The molecule has 0 spiro atoms. The fourth-order valence-corrected chi connectivity index (χ4v) is 3.21. The number of amides is 1. The van der Waals surface area contributed by atoms with Gasteiger partial charge in [0, 0.05) is 44.6 Å². The second-order valence-corrected chi connectivity index (χ2v) is 6.28. The van der Waals surface area contributed by atoms with E-state index in [0.717, 1.165) is 25.3 Å². The lowest BCUT2D eigenvalue weighted by Gasteiger charge is -2.29. The molecule has 0 saturated carbocycles. The smallest absolute Gasteiger partial charge is 0.272 e. The maximum absolute atomic E-state index is 12.5. The Morgan fingerprint density at radius 1 is 1.08 bits per heavy atom. The Bertz CT molecular complexity index is 752. The molecule has 0 radical (unpaired) electrons. The van der Waals surface area contributed by atoms with E-state index in [1.807, 2.05) is 6.07 Å². The molecular weight excluding hydrogens is 334 g/mol. The van der Waals surface area contributed by atoms with Gasteiger partial charge in [0.05, 0.1) is 19.8 Å². The Morgan fingerprint density at radius 2 is 1.92 bits per heavy atom. The predicted molar refractivity (Wildman–Crippen MR) is 94.2 cm³/mol. The number of likely N-dealkylation sites (tertiary alicyclic amines) is 1. The van der Waals surface area contributed by atoms with E-state index in [2.05, 4.69) is 19.9 Å². The summed E-state index contributed by atoms with van der Waals surface area (Å²) < 4.78 is 11.5. The average Bonchev–Trinajstić information content (AvgIpc) is 3.18. The molecule has 1 unspecified atom stereocenters. The molecule has 2 aromatic rings. The van der Waals surface area contributed by atoms with Gasteiger partial charge < -0.3 is 19.3 Å². The highest BCUT2D eigenvalue weighted by Crippen LogP contribution is 2.26. The van der Waals surface area contributed by atoms with Crippen molar-refractivity contribution in [2.75, 3.05) is 44.3 Å². The normalized spacial score (nSPS) is 20.2. The maximum Gasteiger partial charge on any atom is 0.272 e. The number of carbonyl (C=O) groups excluding carboxylic acids is 1. The molecule has 2 aromatic heterocycles. The lowest BCUT2D eigenvalue weighted by atomic mass is 10.3. The third-order valence-electron chi connectivity index (χ3n) is 4.55. The van der Waals surface area contributed by atoms with Crippen LogP contribution in [0.1, 0.15) is 16.9 Å². The molecule has 2 fully saturated rings. The van der Waals surface area contributed by atoms with Gasteiger partial charge in [0.1, 0.15) is 11.8 Å². The van der Waals surface area contributed by atoms with E-state index in [4.69, 9.17) is 9.47 Å². The second kappa shape index (κ2) is 7.65. The van der Waals surface area contributed by atoms with Crippen molar-refractivity contribution in [2.45, 2.75) is 12.5 Å². The summed E-state index contributed by atoms with van der Waals surface area (Å²) in [6.45, 7) is 4.05. The summed E-state index contributed by atoms with van der Waals surface area (Å²) in [7, 11) is 0. The van der Waals surface area contributed by atoms with E-state index in [-0.39, 0.29) is 12.0 Å². The topological polar surface area (TPSA) is 80.7 Å². The quantitative estimate of drug-likeness (QED) is 0.809. The van der Waals surface area contributed by atoms with Crippen molar-refractivity contribution in [3.8, 4) is 5.88 Å². The molecule has 1 amide bonds. The number of ether oxygens (including phenoxy) is 2. The molecule has 2 aliphatic rings. The van der Waals surface area contributed by atoms with Crippen LogP contribution in [0, 0.1) is 0 Å². The molecule has 0 aromatic carbocycles. The van der Waals surface area contributed by atoms with Gasteiger partial charge in [0.15, 0.2) is 5.82 Å². The molecule has 0 aliphatic carbocycles. The van der Waals surface area contributed by atoms with Crippen molar-refractivity contribution < 1.29 is 14.3 Å². The van der Waals surface area contributed by atoms with E-state index in [9.17, 15) is 4.79 Å². The lowest BCUT2D eigenvalue weighted by Crippen LogP contribution is -2.37. The average molecular weight is 355 g/mol. The van der Waals surface area contributed by atoms with Gasteiger partial charge in [-0.25, -0.2) is 9.97 Å². The number of rotatable bonds is 4. The molecule has 4 rings (SSSR count). The van der Waals surface area contributed by atoms with Gasteiger partial charge in [-0.05, 0) is 12.1 Å². The number of morpholine rings is 1. The third kappa shape index (κ3) is 3.60. The summed E-state index contributed by atoms with van der Waals surface area (Å²) in [4.78, 5) is 29.4. The van der Waals surface area contributed by atoms with Crippen molar-refractivity contribution in [3.05, 3.63) is 42.5 Å². The van der Waals surface area contributed by atoms with Gasteiger partial charge >= 0.3 is 0 Å². The van der Waals surface area contributed by atoms with Crippen molar-refractivity contribution in [2.24, 2.45) is 0 Å². The van der Waals surface area contributed by atoms with Gasteiger partial charge in [0.2, 0.25) is 0 Å². The van der Waals surface area contributed by atoms with Crippen LogP contribution in [0.2, 0.25) is 0 Å². The van der Waals surface area contributed by atoms with E-state index >= 15 is 0 Å². The number of anilines is 1. The summed E-state index contributed by atoms with van der Waals surface area (Å²) in [5, 5.41) is 0. The molecule has 8 heteroatoms. The lowest BCUT2D eigenvalue weighted by molar-refractivity contribution is 0.0765. The molecule has 0 bridgehead atoms. The van der Waals surface area contributed by atoms with Crippen molar-refractivity contribution in [1.82, 2.24) is 19.9 Å². The highest BCUT2D eigenvalue weighted by molar-refractivity contribution is 5.92. The highest BCUT2D eigenvalue weighted by Gasteiger charge is 2.30. The number of hydrogen-bond donors (Lipinski definition) is 0. The number of pyridine rings is 1. The van der Waals surface area contributed by atoms with Gasteiger partial charge in [-0.3, -0.25) is 9.78 Å². The van der Waals surface area contributed by atoms with Crippen LogP contribution >= 0.6 is 0 Å². The first kappa shape index (κ1) is 16.7. The summed E-state index contributed by atoms with van der Waals surface area (Å²) >= 11 is 0. The Kier molecular flexibility index (Phi) is 4.92. The van der Waals surface area contributed by atoms with Crippen molar-refractivity contribution in [3.63, 3.8) is 0 Å². The van der Waals surface area contributed by atoms with Crippen LogP contribution in [0.5, 0.6) is 5.88 Å². The summed E-state index contributed by atoms with van der Waals surface area (Å²) in [6.07, 6.45) is 5.59. The first-order chi connectivity index (χ1) is 12.8. The molecule has 2 aliphatic heterocycles. The predicted octanol–water partition coefficient (Wildman–Crippen LogP) is 1.00. The molecule has 4 heterocycles. The van der Waals surface area contributed by atoms with Crippen LogP contribution in [0.4, 0.5) is 5.82 Å². The molecule has 136 valence electrons. The monoisotopic (exact) mass is 355 g/mol. The van der Waals surface area contributed by atoms with Gasteiger partial charge in [-0.15, -0.1) is 0 Å². The minimum atomic E-state index is -0.0980. The van der Waals surface area contributed by atoms with Gasteiger partial charge in [-0.1, -0.05) is 6.07 Å². The SMILES string of the molecule is O=C(c1ccccn1)N1CCC(Oc2nccnc2N2CCOCC2)C1.